The normalized spacial score (nSPS) is 11.8. The van der Waals surface area contributed by atoms with E-state index in [0.717, 1.165) is 11.3 Å². The van der Waals surface area contributed by atoms with Gasteiger partial charge in [-0.15, -0.1) is 0 Å². The van der Waals surface area contributed by atoms with E-state index >= 15 is 0 Å². The highest BCUT2D eigenvalue weighted by Crippen LogP contribution is 2.18. The van der Waals surface area contributed by atoms with Gasteiger partial charge in [0.2, 0.25) is 0 Å². The number of nitrogens with zero attached hydrogens (tertiary/aromatic N) is 3. The van der Waals surface area contributed by atoms with Crippen molar-refractivity contribution < 1.29 is 9.90 Å². The number of rotatable bonds is 5. The van der Waals surface area contributed by atoms with Gasteiger partial charge in [-0.1, -0.05) is 18.2 Å². The molecule has 3 N–H and O–H groups in total. The van der Waals surface area contributed by atoms with Gasteiger partial charge in [-0.25, -0.2) is 9.48 Å². The molecule has 2 aromatic heterocycles. The Bertz CT molecular complexity index is 847. The summed E-state index contributed by atoms with van der Waals surface area (Å²) in [5.41, 5.74) is 2.63. The molecule has 0 aliphatic heterocycles. The number of pyridine rings is 1. The number of aliphatic hydroxyl groups is 1. The van der Waals surface area contributed by atoms with Crippen molar-refractivity contribution in [2.75, 3.05) is 11.9 Å². The third-order valence-corrected chi connectivity index (χ3v) is 3.77. The zero-order chi connectivity index (χ0) is 17.6. The third-order valence-electron chi connectivity index (χ3n) is 3.77. The average Bonchev–Trinajstić information content (AvgIpc) is 3.08. The molecule has 7 nitrogen and oxygen atoms in total. The molecule has 2 amide bonds. The van der Waals surface area contributed by atoms with Crippen LogP contribution >= 0.6 is 0 Å². The number of aryl methyl sites for hydroxylation is 1. The smallest absolute Gasteiger partial charge is 0.320 e. The summed E-state index contributed by atoms with van der Waals surface area (Å²) in [6.07, 6.45) is 4.02. The molecule has 1 aromatic carbocycles. The van der Waals surface area contributed by atoms with E-state index in [-0.39, 0.29) is 6.54 Å². The van der Waals surface area contributed by atoms with Crippen molar-refractivity contribution in [3.8, 4) is 5.69 Å². The van der Waals surface area contributed by atoms with Crippen LogP contribution in [-0.4, -0.2) is 32.4 Å². The van der Waals surface area contributed by atoms with Crippen molar-refractivity contribution in [1.29, 1.82) is 0 Å². The highest BCUT2D eigenvalue weighted by molar-refractivity contribution is 5.88. The van der Waals surface area contributed by atoms with Crippen molar-refractivity contribution in [3.05, 3.63) is 72.2 Å². The first kappa shape index (κ1) is 16.7. The maximum Gasteiger partial charge on any atom is 0.320 e. The number of amides is 2. The van der Waals surface area contributed by atoms with Crippen LogP contribution in [0.15, 0.2) is 61.1 Å². The summed E-state index contributed by atoms with van der Waals surface area (Å²) in [5.74, 6) is 0.546. The first-order valence-corrected chi connectivity index (χ1v) is 7.88. The van der Waals surface area contributed by atoms with Gasteiger partial charge in [0.25, 0.3) is 0 Å². The molecular weight excluding hydrogens is 318 g/mol. The van der Waals surface area contributed by atoms with Gasteiger partial charge < -0.3 is 10.4 Å². The second-order valence-electron chi connectivity index (χ2n) is 5.55. The molecule has 0 spiro atoms. The molecule has 0 saturated heterocycles. The molecule has 3 aromatic rings. The van der Waals surface area contributed by atoms with E-state index in [4.69, 9.17) is 0 Å². The van der Waals surface area contributed by atoms with Gasteiger partial charge in [0.05, 0.1) is 18.0 Å². The molecule has 25 heavy (non-hydrogen) atoms. The van der Waals surface area contributed by atoms with Crippen LogP contribution in [0.5, 0.6) is 0 Å². The van der Waals surface area contributed by atoms with Crippen LogP contribution in [0.3, 0.4) is 0 Å². The summed E-state index contributed by atoms with van der Waals surface area (Å²) in [6.45, 7) is 2.07. The Kier molecular flexibility index (Phi) is 5.06. The van der Waals surface area contributed by atoms with Crippen LogP contribution in [-0.2, 0) is 0 Å². The number of nitrogens with one attached hydrogen (secondary N) is 2. The van der Waals surface area contributed by atoms with E-state index in [1.807, 2.05) is 31.2 Å². The maximum atomic E-state index is 12.1. The zero-order valence-corrected chi connectivity index (χ0v) is 13.8. The minimum Gasteiger partial charge on any atom is -0.387 e. The number of hydrogen-bond donors (Lipinski definition) is 3. The molecule has 1 atom stereocenters. The molecular formula is C18H19N5O2. The van der Waals surface area contributed by atoms with Gasteiger partial charge in [0, 0.05) is 25.0 Å². The third kappa shape index (κ3) is 4.02. The van der Waals surface area contributed by atoms with E-state index < -0.39 is 12.1 Å². The molecule has 0 aliphatic carbocycles. The van der Waals surface area contributed by atoms with Gasteiger partial charge in [-0.2, -0.15) is 5.10 Å². The topological polar surface area (TPSA) is 92.1 Å². The summed E-state index contributed by atoms with van der Waals surface area (Å²) in [5, 5.41) is 19.7. The minimum absolute atomic E-state index is 0.0916. The summed E-state index contributed by atoms with van der Waals surface area (Å²) in [6, 6.07) is 12.5. The van der Waals surface area contributed by atoms with Crippen molar-refractivity contribution >= 4 is 11.8 Å². The van der Waals surface area contributed by atoms with Gasteiger partial charge in [-0.05, 0) is 36.2 Å². The molecule has 128 valence electrons. The molecule has 7 heteroatoms. The van der Waals surface area contributed by atoms with E-state index in [1.165, 1.54) is 0 Å². The molecule has 1 unspecified atom stereocenters. The van der Waals surface area contributed by atoms with Crippen molar-refractivity contribution in [2.45, 2.75) is 13.0 Å². The number of carbonyl (C=O) groups is 1. The van der Waals surface area contributed by atoms with E-state index in [0.29, 0.717) is 11.4 Å². The predicted molar refractivity (Wildman–Crippen MR) is 94.5 cm³/mol. The Balaban J connectivity index is 1.63. The Labute approximate surface area is 145 Å². The fraction of sp³-hybridized carbons (Fsp3) is 0.167. The Hall–Kier alpha value is -3.19. The lowest BCUT2D eigenvalue weighted by molar-refractivity contribution is 0.175. The lowest BCUT2D eigenvalue weighted by Gasteiger charge is -2.14. The number of benzene rings is 1. The van der Waals surface area contributed by atoms with Crippen LogP contribution in [0.4, 0.5) is 10.6 Å². The molecule has 0 fully saturated rings. The van der Waals surface area contributed by atoms with Crippen molar-refractivity contribution in [1.82, 2.24) is 20.1 Å². The second-order valence-corrected chi connectivity index (χ2v) is 5.55. The van der Waals surface area contributed by atoms with Crippen LogP contribution in [0, 0.1) is 6.92 Å². The number of hydrogen-bond acceptors (Lipinski definition) is 4. The van der Waals surface area contributed by atoms with Gasteiger partial charge in [0.15, 0.2) is 0 Å². The fourth-order valence-corrected chi connectivity index (χ4v) is 2.44. The lowest BCUT2D eigenvalue weighted by Crippen LogP contribution is -2.33. The molecule has 0 bridgehead atoms. The second kappa shape index (κ2) is 7.59. The van der Waals surface area contributed by atoms with Gasteiger partial charge >= 0.3 is 6.03 Å². The first-order valence-electron chi connectivity index (χ1n) is 7.88. The SMILES string of the molecule is Cc1ccccc1-n1nccc1NC(=O)NCC(O)c1ccncc1. The molecule has 2 heterocycles. The Morgan fingerprint density at radius 1 is 1.16 bits per heavy atom. The predicted octanol–water partition coefficient (Wildman–Crippen LogP) is 2.43. The average molecular weight is 337 g/mol. The largest absolute Gasteiger partial charge is 0.387 e. The number of carbonyl (C=O) groups excluding carboxylic acids is 1. The van der Waals surface area contributed by atoms with Crippen LogP contribution in [0.1, 0.15) is 17.2 Å². The van der Waals surface area contributed by atoms with E-state index in [2.05, 4.69) is 20.7 Å². The number of urea groups is 1. The summed E-state index contributed by atoms with van der Waals surface area (Å²) >= 11 is 0. The van der Waals surface area contributed by atoms with Crippen molar-refractivity contribution in [3.63, 3.8) is 0 Å². The van der Waals surface area contributed by atoms with E-state index in [9.17, 15) is 9.90 Å². The number of aliphatic hydroxyl groups excluding tert-OH is 1. The summed E-state index contributed by atoms with van der Waals surface area (Å²) in [4.78, 5) is 16.0. The quantitative estimate of drug-likeness (QED) is 0.667. The molecule has 3 rings (SSSR count). The highest BCUT2D eigenvalue weighted by atomic mass is 16.3. The lowest BCUT2D eigenvalue weighted by atomic mass is 10.1. The van der Waals surface area contributed by atoms with Gasteiger partial charge in [-0.3, -0.25) is 10.3 Å². The Morgan fingerprint density at radius 2 is 1.92 bits per heavy atom. The van der Waals surface area contributed by atoms with Crippen LogP contribution in [0.25, 0.3) is 5.69 Å². The molecule has 0 aliphatic rings. The van der Waals surface area contributed by atoms with Crippen LogP contribution < -0.4 is 10.6 Å². The van der Waals surface area contributed by atoms with E-state index in [1.54, 1.807) is 41.5 Å². The zero-order valence-electron chi connectivity index (χ0n) is 13.8. The fourth-order valence-electron chi connectivity index (χ4n) is 2.44. The number of anilines is 1. The minimum atomic E-state index is -0.796. The van der Waals surface area contributed by atoms with Crippen LogP contribution in [0.2, 0.25) is 0 Å². The van der Waals surface area contributed by atoms with Gasteiger partial charge in [0.1, 0.15) is 5.82 Å². The highest BCUT2D eigenvalue weighted by Gasteiger charge is 2.12. The van der Waals surface area contributed by atoms with Crippen molar-refractivity contribution in [2.24, 2.45) is 0 Å². The number of para-hydroxylation sites is 1. The maximum absolute atomic E-state index is 12.1. The summed E-state index contributed by atoms with van der Waals surface area (Å²) in [7, 11) is 0. The Morgan fingerprint density at radius 3 is 2.68 bits per heavy atom. The molecule has 0 saturated carbocycles. The monoisotopic (exact) mass is 337 g/mol. The standard InChI is InChI=1S/C18H19N5O2/c1-13-4-2-3-5-15(13)23-17(8-11-21-23)22-18(25)20-12-16(24)14-6-9-19-10-7-14/h2-11,16,24H,12H2,1H3,(H2,20,22,25). The number of aromatic nitrogens is 3. The summed E-state index contributed by atoms with van der Waals surface area (Å²) < 4.78 is 1.66. The first-order chi connectivity index (χ1) is 12.1. The molecule has 0 radical (unpaired) electrons.